The van der Waals surface area contributed by atoms with Crippen LogP contribution in [0.2, 0.25) is 0 Å². The first-order valence-electron chi connectivity index (χ1n) is 40.8. The lowest BCUT2D eigenvalue weighted by Gasteiger charge is -2.35. The summed E-state index contributed by atoms with van der Waals surface area (Å²) in [7, 11) is 14.1. The maximum absolute atomic E-state index is 16.0. The second-order valence-electron chi connectivity index (χ2n) is 29.9. The molecule has 14 aromatic carbocycles. The van der Waals surface area contributed by atoms with Crippen molar-refractivity contribution in [2.75, 3.05) is 93.4 Å². The normalized spacial score (nSPS) is 12.0. The second kappa shape index (κ2) is 34.4. The van der Waals surface area contributed by atoms with Gasteiger partial charge in [-0.15, -0.1) is 22.7 Å². The molecule has 0 atom stereocenters. The maximum Gasteiger partial charge on any atom is 0.424 e. The number of nitrogens with zero attached hydrogens (tertiary/aromatic N) is 6. The standard InChI is InChI=1S/C105H81F3N6O12S2/c1-116-80-38-18-66(19-39-80)109(67-20-40-81(117-2)41-21-67)76-34-54-90-94(58-76)125-95-59-77(110(68-22-42-82(118-3)43-23-68)69-24-44-83(119-4)45-25-69)35-55-91(95)113(90)74-14-10-64(11-15-74)98-62-88-100(101(104(115)124-9)105(106,107)108)89-63-99(128-103(89)102(88)127-98)65-12-16-75(17-13-65)114-92-56-36-78(111(70-26-46-84(120-5)47-27-70)71-28-48-85(121-6)49-29-71)60-96(92)126-97-61-79(37-57-93(97)114)112(72-30-50-86(122-7)51-31-72)73-32-52-87(123-8)53-33-73/h10-63H,1-9H3. The fourth-order valence-electron chi connectivity index (χ4n) is 16.5. The predicted octanol–water partition coefficient (Wildman–Crippen LogP) is 28.8. The predicted molar refractivity (Wildman–Crippen MR) is 503 cm³/mol. The molecule has 0 saturated heterocycles. The minimum atomic E-state index is -5.12. The first-order chi connectivity index (χ1) is 62.5. The molecule has 0 spiro atoms. The summed E-state index contributed by atoms with van der Waals surface area (Å²) in [6.07, 6.45) is -5.12. The van der Waals surface area contributed by atoms with Crippen molar-refractivity contribution >= 4 is 137 Å². The van der Waals surface area contributed by atoms with Gasteiger partial charge in [0.25, 0.3) is 0 Å². The highest BCUT2D eigenvalue weighted by Crippen LogP contribution is 2.61. The van der Waals surface area contributed by atoms with Crippen LogP contribution in [0.4, 0.5) is 116 Å². The summed E-state index contributed by atoms with van der Waals surface area (Å²) in [6.45, 7) is 0. The summed E-state index contributed by atoms with van der Waals surface area (Å²) in [5.74, 6) is 6.30. The number of alkyl halides is 3. The van der Waals surface area contributed by atoms with Crippen LogP contribution in [0.15, 0.2) is 333 Å². The molecule has 636 valence electrons. The van der Waals surface area contributed by atoms with Crippen molar-refractivity contribution in [2.45, 2.75) is 6.18 Å². The summed E-state index contributed by atoms with van der Waals surface area (Å²) >= 11 is 2.72. The number of hydrogen-bond donors (Lipinski definition) is 0. The number of hydrogen-bond acceptors (Lipinski definition) is 20. The van der Waals surface area contributed by atoms with E-state index in [0.29, 0.717) is 88.5 Å². The molecule has 0 amide bonds. The summed E-state index contributed by atoms with van der Waals surface area (Å²) in [4.78, 5) is 29.2. The Hall–Kier alpha value is -15.7. The molecule has 0 bridgehead atoms. The molecule has 23 heteroatoms. The van der Waals surface area contributed by atoms with Crippen LogP contribution in [0.25, 0.3) is 36.2 Å². The second-order valence-corrected chi connectivity index (χ2v) is 32.1. The SMILES string of the molecule is COC(=O)C(=C1c2cc(-c3ccc(N4c5ccc(N(c6ccc(OC)cc6)c6ccc(OC)cc6)cc5Oc5cc(N(c6ccc(OC)cc6)c6ccc(OC)cc6)ccc54)cc3)sc2-c2sc(-c3ccc(N4c5ccc(N(c6ccc(OC)cc6)c6ccc(OC)cc6)cc5Oc5cc(N(c6ccc(OC)cc6)c6ccc(OC)cc6)ccc54)cc3)cc21)C(F)(F)F. The van der Waals surface area contributed by atoms with Gasteiger partial charge in [-0.3, -0.25) is 0 Å². The number of anilines is 18. The van der Waals surface area contributed by atoms with E-state index in [4.69, 9.17) is 52.1 Å². The molecule has 2 aliphatic heterocycles. The summed E-state index contributed by atoms with van der Waals surface area (Å²) < 4.78 is 112. The molecule has 2 aromatic heterocycles. The first-order valence-corrected chi connectivity index (χ1v) is 42.4. The van der Waals surface area contributed by atoms with Gasteiger partial charge in [0.2, 0.25) is 0 Å². The van der Waals surface area contributed by atoms with Crippen molar-refractivity contribution in [3.8, 4) is 99.6 Å². The molecule has 0 saturated carbocycles. The maximum atomic E-state index is 16.0. The van der Waals surface area contributed by atoms with E-state index >= 15 is 13.2 Å². The lowest BCUT2D eigenvalue weighted by molar-refractivity contribution is -0.147. The van der Waals surface area contributed by atoms with Crippen molar-refractivity contribution in [3.63, 3.8) is 0 Å². The zero-order chi connectivity index (χ0) is 88.0. The fourth-order valence-corrected chi connectivity index (χ4v) is 19.0. The number of ether oxygens (including phenoxy) is 11. The summed E-state index contributed by atoms with van der Waals surface area (Å²) in [6, 6.07) is 107. The van der Waals surface area contributed by atoms with E-state index in [1.54, 1.807) is 69.0 Å². The van der Waals surface area contributed by atoms with Gasteiger partial charge in [0.05, 0.1) is 96.5 Å². The van der Waals surface area contributed by atoms with Crippen molar-refractivity contribution in [1.82, 2.24) is 0 Å². The molecule has 0 fully saturated rings. The highest BCUT2D eigenvalue weighted by atomic mass is 32.1. The Morgan fingerprint density at radius 2 is 0.492 bits per heavy atom. The molecule has 16 aromatic rings. The molecule has 1 aliphatic carbocycles. The van der Waals surface area contributed by atoms with Crippen molar-refractivity contribution in [3.05, 3.63) is 344 Å². The Morgan fingerprint density at radius 3 is 0.688 bits per heavy atom. The molecular weight excluding hydrogens is 1660 g/mol. The Balaban J connectivity index is 0.697. The van der Waals surface area contributed by atoms with E-state index in [1.165, 1.54) is 22.7 Å². The van der Waals surface area contributed by atoms with Crippen LogP contribution in [0.5, 0.6) is 69.0 Å². The van der Waals surface area contributed by atoms with Gasteiger partial charge < -0.3 is 81.5 Å². The molecule has 128 heavy (non-hydrogen) atoms. The lowest BCUT2D eigenvalue weighted by Crippen LogP contribution is -2.23. The number of fused-ring (bicyclic) bond motifs is 7. The molecule has 18 nitrogen and oxygen atoms in total. The van der Waals surface area contributed by atoms with Gasteiger partial charge in [0, 0.05) is 130 Å². The fraction of sp³-hybridized carbons (Fsp3) is 0.0952. The zero-order valence-corrected chi connectivity index (χ0v) is 72.3. The van der Waals surface area contributed by atoms with E-state index in [0.717, 1.165) is 121 Å². The van der Waals surface area contributed by atoms with E-state index < -0.39 is 17.7 Å². The highest BCUT2D eigenvalue weighted by molar-refractivity contribution is 7.26. The number of rotatable bonds is 25. The quantitative estimate of drug-likeness (QED) is 0.0396. The first kappa shape index (κ1) is 81.9. The Kier molecular flexibility index (Phi) is 22.0. The number of carbonyl (C=O) groups is 1. The van der Waals surface area contributed by atoms with Gasteiger partial charge >= 0.3 is 12.1 Å². The van der Waals surface area contributed by atoms with Crippen LogP contribution in [-0.4, -0.2) is 76.1 Å². The van der Waals surface area contributed by atoms with Crippen LogP contribution in [0, 0.1) is 0 Å². The number of esters is 1. The van der Waals surface area contributed by atoms with Gasteiger partial charge in [0.15, 0.2) is 23.0 Å². The van der Waals surface area contributed by atoms with Gasteiger partial charge in [-0.25, -0.2) is 4.79 Å². The summed E-state index contributed by atoms with van der Waals surface area (Å²) in [5.41, 5.74) is 14.8. The topological polar surface area (TPSA) is 138 Å². The monoisotopic (exact) mass is 1740 g/mol. The number of carbonyl (C=O) groups excluding carboxylic acids is 1. The smallest absolute Gasteiger partial charge is 0.424 e. The van der Waals surface area contributed by atoms with Gasteiger partial charge in [-0.1, -0.05) is 24.3 Å². The van der Waals surface area contributed by atoms with Crippen molar-refractivity contribution in [1.29, 1.82) is 0 Å². The van der Waals surface area contributed by atoms with Crippen molar-refractivity contribution in [2.24, 2.45) is 0 Å². The Morgan fingerprint density at radius 1 is 0.281 bits per heavy atom. The minimum Gasteiger partial charge on any atom is -0.497 e. The molecule has 3 aliphatic rings. The van der Waals surface area contributed by atoms with E-state index in [-0.39, 0.29) is 16.7 Å². The van der Waals surface area contributed by atoms with Gasteiger partial charge in [-0.2, -0.15) is 13.2 Å². The average Bonchev–Trinajstić information content (AvgIpc) is 1.53. The van der Waals surface area contributed by atoms with Crippen LogP contribution in [0.1, 0.15) is 11.1 Å². The van der Waals surface area contributed by atoms with E-state index in [9.17, 15) is 4.79 Å². The molecule has 0 unspecified atom stereocenters. The van der Waals surface area contributed by atoms with Crippen LogP contribution in [-0.2, 0) is 9.53 Å². The molecular formula is C105H81F3N6O12S2. The van der Waals surface area contributed by atoms with Crippen LogP contribution < -0.4 is 76.8 Å². The van der Waals surface area contributed by atoms with Crippen molar-refractivity contribution < 1.29 is 70.1 Å². The minimum absolute atomic E-state index is 0.252. The molecule has 0 radical (unpaired) electrons. The average molecular weight is 1740 g/mol. The third-order valence-electron chi connectivity index (χ3n) is 22.8. The Bertz CT molecular complexity index is 5960. The molecule has 4 heterocycles. The number of benzene rings is 14. The van der Waals surface area contributed by atoms with Gasteiger partial charge in [-0.05, 0) is 290 Å². The van der Waals surface area contributed by atoms with E-state index in [2.05, 4.69) is 53.7 Å². The Labute approximate surface area is 745 Å². The van der Waals surface area contributed by atoms with Gasteiger partial charge in [0.1, 0.15) is 51.6 Å². The molecule has 19 rings (SSSR count). The zero-order valence-electron chi connectivity index (χ0n) is 70.7. The third kappa shape index (κ3) is 15.4. The lowest BCUT2D eigenvalue weighted by atomic mass is 9.98. The number of halogens is 3. The largest absolute Gasteiger partial charge is 0.497 e. The number of thiophene rings is 2. The third-order valence-corrected chi connectivity index (χ3v) is 25.3. The van der Waals surface area contributed by atoms with Crippen LogP contribution in [0.3, 0.4) is 0 Å². The van der Waals surface area contributed by atoms with E-state index in [1.807, 2.05) is 291 Å². The summed E-state index contributed by atoms with van der Waals surface area (Å²) in [5, 5.41) is 0. The van der Waals surface area contributed by atoms with Crippen LogP contribution >= 0.6 is 22.7 Å². The highest BCUT2D eigenvalue weighted by Gasteiger charge is 2.47. The number of methoxy groups -OCH3 is 9. The molecule has 0 N–H and O–H groups in total.